The Hall–Kier alpha value is -3.54. The Morgan fingerprint density at radius 3 is 2.31 bits per heavy atom. The highest BCUT2D eigenvalue weighted by Crippen LogP contribution is 2.28. The molecule has 0 spiro atoms. The van der Waals surface area contributed by atoms with E-state index in [1.54, 1.807) is 19.4 Å². The molecule has 1 amide bonds. The molecule has 0 radical (unpaired) electrons. The van der Waals surface area contributed by atoms with Crippen molar-refractivity contribution in [1.82, 2.24) is 5.43 Å². The summed E-state index contributed by atoms with van der Waals surface area (Å²) >= 11 is 0. The summed E-state index contributed by atoms with van der Waals surface area (Å²) in [5, 5.41) is 6.03. The molecule has 3 aromatic carbocycles. The van der Waals surface area contributed by atoms with Crippen LogP contribution in [0.2, 0.25) is 0 Å². The van der Waals surface area contributed by atoms with Crippen molar-refractivity contribution in [3.8, 4) is 17.2 Å². The molecule has 0 saturated carbocycles. The van der Waals surface area contributed by atoms with Gasteiger partial charge in [0, 0.05) is 0 Å². The molecule has 0 aliphatic carbocycles. The smallest absolute Gasteiger partial charge is 0.275 e. The fraction of sp³-hybridized carbons (Fsp3) is 0.217. The van der Waals surface area contributed by atoms with E-state index in [-0.39, 0.29) is 5.91 Å². The molecule has 0 unspecified atom stereocenters. The zero-order chi connectivity index (χ0) is 20.6. The molecule has 3 aromatic rings. The summed E-state index contributed by atoms with van der Waals surface area (Å²) in [4.78, 5) is 12.6. The van der Waals surface area contributed by atoms with Crippen LogP contribution in [0.4, 0.5) is 0 Å². The van der Waals surface area contributed by atoms with Crippen molar-refractivity contribution >= 4 is 22.9 Å². The lowest BCUT2D eigenvalue weighted by molar-refractivity contribution is 0.0952. The van der Waals surface area contributed by atoms with Gasteiger partial charge in [0.25, 0.3) is 5.91 Å². The molecule has 1 N–H and O–H groups in total. The van der Waals surface area contributed by atoms with Gasteiger partial charge in [-0.2, -0.15) is 5.10 Å². The van der Waals surface area contributed by atoms with Crippen LogP contribution in [-0.4, -0.2) is 32.4 Å². The first-order chi connectivity index (χ1) is 14.2. The molecular formula is C23H24N2O4. The highest BCUT2D eigenvalue weighted by molar-refractivity contribution is 6.02. The predicted octanol–water partition coefficient (Wildman–Crippen LogP) is 4.41. The van der Waals surface area contributed by atoms with Gasteiger partial charge in [-0.15, -0.1) is 0 Å². The number of carbonyl (C=O) groups is 1. The van der Waals surface area contributed by atoms with Gasteiger partial charge < -0.3 is 14.2 Å². The second kappa shape index (κ2) is 9.59. The molecule has 6 nitrogen and oxygen atoms in total. The highest BCUT2D eigenvalue weighted by atomic mass is 16.5. The molecule has 0 saturated heterocycles. The van der Waals surface area contributed by atoms with E-state index in [0.29, 0.717) is 36.0 Å². The van der Waals surface area contributed by atoms with Crippen LogP contribution in [0.1, 0.15) is 29.8 Å². The van der Waals surface area contributed by atoms with Crippen LogP contribution in [0.5, 0.6) is 17.2 Å². The van der Waals surface area contributed by atoms with Crippen LogP contribution in [0.15, 0.2) is 59.7 Å². The average molecular weight is 392 g/mol. The predicted molar refractivity (Wildman–Crippen MR) is 114 cm³/mol. The fourth-order valence-corrected chi connectivity index (χ4v) is 2.94. The van der Waals surface area contributed by atoms with E-state index < -0.39 is 0 Å². The zero-order valence-electron chi connectivity index (χ0n) is 16.8. The largest absolute Gasteiger partial charge is 0.496 e. The Balaban J connectivity index is 1.77. The van der Waals surface area contributed by atoms with Gasteiger partial charge in [-0.05, 0) is 60.5 Å². The molecule has 150 valence electrons. The van der Waals surface area contributed by atoms with Gasteiger partial charge in [-0.25, -0.2) is 5.43 Å². The molecule has 0 aliphatic rings. The Bertz CT molecular complexity index is 1030. The molecular weight excluding hydrogens is 368 g/mol. The van der Waals surface area contributed by atoms with Gasteiger partial charge in [0.1, 0.15) is 5.75 Å². The van der Waals surface area contributed by atoms with Crippen molar-refractivity contribution in [3.63, 3.8) is 0 Å². The summed E-state index contributed by atoms with van der Waals surface area (Å²) in [7, 11) is 1.54. The van der Waals surface area contributed by atoms with Crippen molar-refractivity contribution in [2.45, 2.75) is 13.8 Å². The Kier molecular flexibility index (Phi) is 6.68. The molecule has 0 aliphatic heterocycles. The summed E-state index contributed by atoms with van der Waals surface area (Å²) in [6.07, 6.45) is 1.56. The number of rotatable bonds is 8. The fourth-order valence-electron chi connectivity index (χ4n) is 2.94. The van der Waals surface area contributed by atoms with E-state index in [1.165, 1.54) is 0 Å². The first-order valence-corrected chi connectivity index (χ1v) is 9.46. The summed E-state index contributed by atoms with van der Waals surface area (Å²) in [6.45, 7) is 4.91. The molecule has 0 fully saturated rings. The van der Waals surface area contributed by atoms with Gasteiger partial charge in [-0.3, -0.25) is 4.79 Å². The Labute approximate surface area is 170 Å². The van der Waals surface area contributed by atoms with E-state index in [9.17, 15) is 4.79 Å². The summed E-state index contributed by atoms with van der Waals surface area (Å²) in [5.74, 6) is 1.47. The number of nitrogens with zero attached hydrogens (tertiary/aromatic N) is 1. The third-order valence-corrected chi connectivity index (χ3v) is 4.26. The average Bonchev–Trinajstić information content (AvgIpc) is 2.74. The number of ether oxygens (including phenoxy) is 3. The SMILES string of the molecule is CCOc1ccc(/C=N\NC(=O)c2cc3ccccc3cc2OC)cc1OCC. The highest BCUT2D eigenvalue weighted by Gasteiger charge is 2.13. The second-order valence-electron chi connectivity index (χ2n) is 6.17. The molecule has 0 aromatic heterocycles. The first kappa shape index (κ1) is 20.2. The van der Waals surface area contributed by atoms with E-state index in [1.807, 2.05) is 62.4 Å². The van der Waals surface area contributed by atoms with Crippen LogP contribution in [-0.2, 0) is 0 Å². The Morgan fingerprint density at radius 1 is 0.931 bits per heavy atom. The molecule has 6 heteroatoms. The van der Waals surface area contributed by atoms with Crippen LogP contribution in [0.3, 0.4) is 0 Å². The van der Waals surface area contributed by atoms with Crippen molar-refractivity contribution in [3.05, 3.63) is 65.7 Å². The van der Waals surface area contributed by atoms with Gasteiger partial charge in [0.2, 0.25) is 0 Å². The van der Waals surface area contributed by atoms with Crippen LogP contribution < -0.4 is 19.6 Å². The van der Waals surface area contributed by atoms with Crippen LogP contribution >= 0.6 is 0 Å². The quantitative estimate of drug-likeness (QED) is 0.455. The number of hydrogen-bond donors (Lipinski definition) is 1. The van der Waals surface area contributed by atoms with Gasteiger partial charge in [0.15, 0.2) is 11.5 Å². The number of hydrazone groups is 1. The first-order valence-electron chi connectivity index (χ1n) is 9.46. The number of methoxy groups -OCH3 is 1. The van der Waals surface area contributed by atoms with Crippen LogP contribution in [0.25, 0.3) is 10.8 Å². The zero-order valence-corrected chi connectivity index (χ0v) is 16.8. The minimum Gasteiger partial charge on any atom is -0.496 e. The lowest BCUT2D eigenvalue weighted by Gasteiger charge is -2.11. The van der Waals surface area contributed by atoms with Gasteiger partial charge in [0.05, 0.1) is 32.1 Å². The maximum atomic E-state index is 12.6. The molecule has 0 heterocycles. The lowest BCUT2D eigenvalue weighted by atomic mass is 10.1. The monoisotopic (exact) mass is 392 g/mol. The van der Waals surface area contributed by atoms with E-state index in [2.05, 4.69) is 10.5 Å². The minimum absolute atomic E-state index is 0.347. The third-order valence-electron chi connectivity index (χ3n) is 4.26. The summed E-state index contributed by atoms with van der Waals surface area (Å²) in [6, 6.07) is 16.9. The minimum atomic E-state index is -0.347. The molecule has 29 heavy (non-hydrogen) atoms. The molecule has 0 bridgehead atoms. The van der Waals surface area contributed by atoms with Gasteiger partial charge >= 0.3 is 0 Å². The Morgan fingerprint density at radius 2 is 1.62 bits per heavy atom. The van der Waals surface area contributed by atoms with Crippen molar-refractivity contribution in [2.24, 2.45) is 5.10 Å². The number of hydrogen-bond acceptors (Lipinski definition) is 5. The number of benzene rings is 3. The normalized spacial score (nSPS) is 10.9. The number of fused-ring (bicyclic) bond motifs is 1. The van der Waals surface area contributed by atoms with Crippen molar-refractivity contribution in [2.75, 3.05) is 20.3 Å². The van der Waals surface area contributed by atoms with E-state index >= 15 is 0 Å². The van der Waals surface area contributed by atoms with Crippen molar-refractivity contribution < 1.29 is 19.0 Å². The van der Waals surface area contributed by atoms with Crippen molar-refractivity contribution in [1.29, 1.82) is 0 Å². The number of carbonyl (C=O) groups excluding carboxylic acids is 1. The molecule has 0 atom stereocenters. The number of nitrogens with one attached hydrogen (secondary N) is 1. The summed E-state index contributed by atoms with van der Waals surface area (Å²) < 4.78 is 16.5. The second-order valence-corrected chi connectivity index (χ2v) is 6.17. The number of amides is 1. The topological polar surface area (TPSA) is 69.2 Å². The van der Waals surface area contributed by atoms with E-state index in [0.717, 1.165) is 16.3 Å². The lowest BCUT2D eigenvalue weighted by Crippen LogP contribution is -2.18. The maximum absolute atomic E-state index is 12.6. The standard InChI is InChI=1S/C23H24N2O4/c1-4-28-20-11-10-16(12-22(20)29-5-2)15-24-25-23(26)19-13-17-8-6-7-9-18(17)14-21(19)27-3/h6-15H,4-5H2,1-3H3,(H,25,26)/b24-15-. The third kappa shape index (κ3) is 4.85. The van der Waals surface area contributed by atoms with E-state index in [4.69, 9.17) is 14.2 Å². The van der Waals surface area contributed by atoms with Crippen LogP contribution in [0, 0.1) is 0 Å². The summed E-state index contributed by atoms with van der Waals surface area (Å²) in [5.41, 5.74) is 3.76. The maximum Gasteiger partial charge on any atom is 0.275 e. The van der Waals surface area contributed by atoms with Gasteiger partial charge in [-0.1, -0.05) is 24.3 Å². The molecule has 3 rings (SSSR count).